The van der Waals surface area contributed by atoms with E-state index in [4.69, 9.17) is 0 Å². The summed E-state index contributed by atoms with van der Waals surface area (Å²) in [4.78, 5) is 0. The molecule has 149 valence electrons. The first-order chi connectivity index (χ1) is 11.4. The zero-order valence-electron chi connectivity index (χ0n) is 19.3. The van der Waals surface area contributed by atoms with Crippen LogP contribution in [0.25, 0.3) is 0 Å². The molecule has 1 aliphatic rings. The Morgan fingerprint density at radius 3 is 1.57 bits per heavy atom. The van der Waals surface area contributed by atoms with Crippen molar-refractivity contribution in [3.8, 4) is 0 Å². The molecule has 1 radical (unpaired) electrons. The third-order valence-electron chi connectivity index (χ3n) is 4.93. The van der Waals surface area contributed by atoms with Crippen molar-refractivity contribution in [2.45, 2.75) is 41.2 Å². The molecule has 0 spiro atoms. The number of benzene rings is 2. The molecule has 0 fully saturated rings. The second-order valence-electron chi connectivity index (χ2n) is 6.66. The van der Waals surface area contributed by atoms with Crippen LogP contribution < -0.4 is 10.4 Å². The number of aryl methyl sites for hydroxylation is 1. The predicted molar refractivity (Wildman–Crippen MR) is 128 cm³/mol. The first kappa shape index (κ1) is 31.5. The molecule has 2 aromatic rings. The summed E-state index contributed by atoms with van der Waals surface area (Å²) in [6, 6.07) is 19.7. The summed E-state index contributed by atoms with van der Waals surface area (Å²) in [6.45, 7) is 13.2. The molecule has 0 aliphatic heterocycles. The van der Waals surface area contributed by atoms with E-state index in [9.17, 15) is 0 Å². The molecular formula is C26H37SiTi. The minimum atomic E-state index is -0.561. The SMILES string of the molecule is CC1=[C-]C(C)C(C)=C1C.Cc1ccc([Si](C)c2ccccc2)cc1.[CH3-].[CH3-].[CH3-].[Ti+4]. The van der Waals surface area contributed by atoms with Crippen LogP contribution in [0.1, 0.15) is 33.3 Å². The van der Waals surface area contributed by atoms with Gasteiger partial charge in [-0.05, 0) is 6.92 Å². The molecule has 1 atom stereocenters. The van der Waals surface area contributed by atoms with Gasteiger partial charge in [0.1, 0.15) is 8.80 Å². The van der Waals surface area contributed by atoms with Gasteiger partial charge in [-0.15, -0.1) is 6.92 Å². The van der Waals surface area contributed by atoms with Crippen LogP contribution in [0.4, 0.5) is 0 Å². The molecular weight excluding hydrogens is 388 g/mol. The van der Waals surface area contributed by atoms with Crippen LogP contribution >= 0.6 is 0 Å². The van der Waals surface area contributed by atoms with Gasteiger partial charge in [-0.25, -0.2) is 5.57 Å². The van der Waals surface area contributed by atoms with E-state index in [0.29, 0.717) is 5.92 Å². The summed E-state index contributed by atoms with van der Waals surface area (Å²) in [5, 5.41) is 2.96. The van der Waals surface area contributed by atoms with E-state index in [1.54, 1.807) is 0 Å². The van der Waals surface area contributed by atoms with E-state index >= 15 is 0 Å². The predicted octanol–water partition coefficient (Wildman–Crippen LogP) is 6.30. The van der Waals surface area contributed by atoms with Gasteiger partial charge in [0.05, 0.1) is 0 Å². The average molecular weight is 426 g/mol. The number of hydrogen-bond donors (Lipinski definition) is 0. The van der Waals surface area contributed by atoms with Gasteiger partial charge in [-0.2, -0.15) is 11.1 Å². The van der Waals surface area contributed by atoms with E-state index in [1.165, 1.54) is 32.7 Å². The summed E-state index contributed by atoms with van der Waals surface area (Å²) in [6.07, 6.45) is 3.36. The molecule has 0 amide bonds. The molecule has 0 heterocycles. The van der Waals surface area contributed by atoms with Gasteiger partial charge in [0.15, 0.2) is 0 Å². The van der Waals surface area contributed by atoms with E-state index in [-0.39, 0.29) is 44.0 Å². The molecule has 0 saturated heterocycles. The maximum atomic E-state index is 3.36. The minimum Gasteiger partial charge on any atom is -0.358 e. The second kappa shape index (κ2) is 14.8. The Hall–Kier alpha value is -1.15. The first-order valence-electron chi connectivity index (χ1n) is 8.64. The van der Waals surface area contributed by atoms with E-state index in [2.05, 4.69) is 102 Å². The summed E-state index contributed by atoms with van der Waals surface area (Å²) in [7, 11) is -0.561. The zero-order chi connectivity index (χ0) is 17.7. The van der Waals surface area contributed by atoms with Crippen molar-refractivity contribution >= 4 is 19.2 Å². The molecule has 0 saturated carbocycles. The van der Waals surface area contributed by atoms with Gasteiger partial charge in [-0.1, -0.05) is 104 Å². The Morgan fingerprint density at radius 2 is 1.21 bits per heavy atom. The normalized spacial score (nSPS) is 14.4. The maximum absolute atomic E-state index is 3.36. The molecule has 0 bridgehead atoms. The van der Waals surface area contributed by atoms with Crippen LogP contribution in [0.3, 0.4) is 0 Å². The third kappa shape index (κ3) is 8.47. The van der Waals surface area contributed by atoms with E-state index in [1.807, 2.05) is 0 Å². The summed E-state index contributed by atoms with van der Waals surface area (Å²) in [5.74, 6) is 0.560. The largest absolute Gasteiger partial charge is 4.00 e. The smallest absolute Gasteiger partial charge is 0.358 e. The van der Waals surface area contributed by atoms with Crippen molar-refractivity contribution in [1.82, 2.24) is 0 Å². The first-order valence-corrected chi connectivity index (χ1v) is 10.6. The molecule has 0 nitrogen and oxygen atoms in total. The van der Waals surface area contributed by atoms with Gasteiger partial charge in [0.2, 0.25) is 0 Å². The van der Waals surface area contributed by atoms with Crippen LogP contribution in [0, 0.1) is 41.2 Å². The van der Waals surface area contributed by atoms with Crippen LogP contribution in [-0.4, -0.2) is 8.80 Å². The molecule has 2 aromatic carbocycles. The van der Waals surface area contributed by atoms with Crippen molar-refractivity contribution < 1.29 is 21.7 Å². The molecule has 2 heteroatoms. The molecule has 1 unspecified atom stereocenters. The van der Waals surface area contributed by atoms with Crippen molar-refractivity contribution in [2.75, 3.05) is 0 Å². The molecule has 28 heavy (non-hydrogen) atoms. The fourth-order valence-corrected chi connectivity index (χ4v) is 4.51. The second-order valence-corrected chi connectivity index (χ2v) is 9.06. The summed E-state index contributed by atoms with van der Waals surface area (Å²) >= 11 is 0. The van der Waals surface area contributed by atoms with Gasteiger partial charge in [0.25, 0.3) is 0 Å². The minimum absolute atomic E-state index is 0. The van der Waals surface area contributed by atoms with Gasteiger partial charge in [0, 0.05) is 0 Å². The van der Waals surface area contributed by atoms with Crippen LogP contribution in [0.5, 0.6) is 0 Å². The van der Waals surface area contributed by atoms with Crippen LogP contribution in [0.15, 0.2) is 71.3 Å². The van der Waals surface area contributed by atoms with Crippen LogP contribution in [-0.2, 0) is 21.7 Å². The van der Waals surface area contributed by atoms with Gasteiger partial charge < -0.3 is 22.3 Å². The number of hydrogen-bond acceptors (Lipinski definition) is 0. The molecule has 1 aliphatic carbocycles. The maximum Gasteiger partial charge on any atom is 4.00 e. The van der Waals surface area contributed by atoms with E-state index in [0.717, 1.165) is 0 Å². The Morgan fingerprint density at radius 1 is 0.750 bits per heavy atom. The number of rotatable bonds is 2. The Bertz CT molecular complexity index is 727. The fourth-order valence-electron chi connectivity index (χ4n) is 2.82. The zero-order valence-corrected chi connectivity index (χ0v) is 21.8. The number of allylic oxidation sites excluding steroid dienone is 4. The quantitative estimate of drug-likeness (QED) is 0.391. The fraction of sp³-hybridized carbons (Fsp3) is 0.269. The monoisotopic (exact) mass is 425 g/mol. The third-order valence-corrected chi connectivity index (χ3v) is 7.33. The topological polar surface area (TPSA) is 0 Å². The van der Waals surface area contributed by atoms with E-state index < -0.39 is 8.80 Å². The van der Waals surface area contributed by atoms with Gasteiger partial charge in [-0.3, -0.25) is 6.08 Å². The summed E-state index contributed by atoms with van der Waals surface area (Å²) in [5.41, 5.74) is 5.58. The molecule has 3 rings (SSSR count). The van der Waals surface area contributed by atoms with Crippen LogP contribution in [0.2, 0.25) is 6.55 Å². The molecule has 0 aromatic heterocycles. The standard InChI is InChI=1S/C14H15Si.C9H13.3CH3.Ti/c1-12-8-10-14(11-9-12)15(2)13-6-4-3-5-7-13;1-6-5-7(2)9(4)8(6)3;;;;/h3-11H,1-2H3;6H,1-4H3;3*1H3;/q;4*-1;+4. The van der Waals surface area contributed by atoms with Crippen molar-refractivity contribution in [3.63, 3.8) is 0 Å². The van der Waals surface area contributed by atoms with Crippen molar-refractivity contribution in [2.24, 2.45) is 5.92 Å². The van der Waals surface area contributed by atoms with Crippen molar-refractivity contribution in [1.29, 1.82) is 0 Å². The Kier molecular flexibility index (Phi) is 16.7. The Balaban J connectivity index is -0.000000426. The van der Waals surface area contributed by atoms with Crippen molar-refractivity contribution in [3.05, 3.63) is 105 Å². The molecule has 0 N–H and O–H groups in total. The van der Waals surface area contributed by atoms with Gasteiger partial charge >= 0.3 is 21.7 Å². The summed E-state index contributed by atoms with van der Waals surface area (Å²) < 4.78 is 0. The Labute approximate surface area is 192 Å². The average Bonchev–Trinajstić information content (AvgIpc) is 2.82.